The van der Waals surface area contributed by atoms with Gasteiger partial charge >= 0.3 is 0 Å². The number of hydrogen-bond acceptors (Lipinski definition) is 4. The van der Waals surface area contributed by atoms with Crippen molar-refractivity contribution in [2.45, 2.75) is 63.7 Å². The molecule has 0 aromatic carbocycles. The highest BCUT2D eigenvalue weighted by Crippen LogP contribution is 2.26. The Balaban J connectivity index is 1.61. The number of nitrogens with one attached hydrogen (secondary N) is 1. The molecule has 0 aliphatic carbocycles. The lowest BCUT2D eigenvalue weighted by atomic mass is 9.95. The molecule has 0 radical (unpaired) electrons. The Labute approximate surface area is 117 Å². The van der Waals surface area contributed by atoms with Crippen LogP contribution in [0.3, 0.4) is 0 Å². The molecule has 2 rings (SSSR count). The first-order valence-corrected chi connectivity index (χ1v) is 7.89. The molecule has 2 heterocycles. The number of morpholine rings is 1. The molecule has 2 aliphatic rings. The van der Waals surface area contributed by atoms with E-state index in [9.17, 15) is 5.11 Å². The molecular weight excluding hydrogens is 240 g/mol. The molecule has 0 saturated carbocycles. The molecule has 2 fully saturated rings. The number of aliphatic hydroxyl groups is 1. The molecular formula is C15H30N2O2. The molecule has 4 nitrogen and oxygen atoms in total. The molecule has 3 atom stereocenters. The second-order valence-electron chi connectivity index (χ2n) is 6.42. The lowest BCUT2D eigenvalue weighted by molar-refractivity contribution is -0.0386. The molecule has 0 aromatic heterocycles. The van der Waals surface area contributed by atoms with Crippen molar-refractivity contribution in [2.75, 3.05) is 32.8 Å². The highest BCUT2D eigenvalue weighted by molar-refractivity contribution is 4.85. The van der Waals surface area contributed by atoms with Crippen LogP contribution in [0.5, 0.6) is 0 Å². The van der Waals surface area contributed by atoms with Crippen LogP contribution < -0.4 is 5.32 Å². The van der Waals surface area contributed by atoms with Crippen LogP contribution >= 0.6 is 0 Å². The third-order valence-electron chi connectivity index (χ3n) is 4.52. The summed E-state index contributed by atoms with van der Waals surface area (Å²) in [5, 5.41) is 12.8. The van der Waals surface area contributed by atoms with Gasteiger partial charge in [0, 0.05) is 18.6 Å². The van der Waals surface area contributed by atoms with Crippen LogP contribution in [0.1, 0.15) is 46.0 Å². The second-order valence-corrected chi connectivity index (χ2v) is 6.42. The molecule has 0 amide bonds. The third-order valence-corrected chi connectivity index (χ3v) is 4.52. The second kappa shape index (κ2) is 7.02. The Morgan fingerprint density at radius 2 is 1.95 bits per heavy atom. The van der Waals surface area contributed by atoms with Gasteiger partial charge in [-0.2, -0.15) is 0 Å². The van der Waals surface area contributed by atoms with Crippen molar-refractivity contribution < 1.29 is 9.84 Å². The Morgan fingerprint density at radius 3 is 2.53 bits per heavy atom. The summed E-state index contributed by atoms with van der Waals surface area (Å²) in [6.45, 7) is 8.79. The molecule has 112 valence electrons. The van der Waals surface area contributed by atoms with Gasteiger partial charge in [-0.1, -0.05) is 13.3 Å². The van der Waals surface area contributed by atoms with Crippen molar-refractivity contribution in [1.29, 1.82) is 0 Å². The van der Waals surface area contributed by atoms with E-state index in [1.54, 1.807) is 0 Å². The van der Waals surface area contributed by atoms with E-state index in [2.05, 4.69) is 24.1 Å². The van der Waals surface area contributed by atoms with Crippen LogP contribution in [0.4, 0.5) is 0 Å². The Hall–Kier alpha value is -0.160. The molecule has 0 aromatic rings. The minimum absolute atomic E-state index is 0.0984. The van der Waals surface area contributed by atoms with Crippen molar-refractivity contribution >= 4 is 0 Å². The van der Waals surface area contributed by atoms with Gasteiger partial charge < -0.3 is 15.2 Å². The van der Waals surface area contributed by atoms with Crippen molar-refractivity contribution in [3.8, 4) is 0 Å². The van der Waals surface area contributed by atoms with Crippen LogP contribution in [-0.4, -0.2) is 60.5 Å². The van der Waals surface area contributed by atoms with Gasteiger partial charge in [0.25, 0.3) is 0 Å². The van der Waals surface area contributed by atoms with Crippen molar-refractivity contribution in [2.24, 2.45) is 0 Å². The average Bonchev–Trinajstić information content (AvgIpc) is 2.74. The predicted molar refractivity (Wildman–Crippen MR) is 77.4 cm³/mol. The van der Waals surface area contributed by atoms with Gasteiger partial charge in [0.2, 0.25) is 0 Å². The van der Waals surface area contributed by atoms with E-state index in [4.69, 9.17) is 4.74 Å². The quantitative estimate of drug-likeness (QED) is 0.654. The fraction of sp³-hybridized carbons (Fsp3) is 1.00. The molecule has 0 spiro atoms. The summed E-state index contributed by atoms with van der Waals surface area (Å²) in [4.78, 5) is 2.56. The van der Waals surface area contributed by atoms with E-state index >= 15 is 0 Å². The zero-order chi connectivity index (χ0) is 13.7. The summed E-state index contributed by atoms with van der Waals surface area (Å²) in [6.07, 6.45) is 6.96. The fourth-order valence-electron chi connectivity index (χ4n) is 3.38. The topological polar surface area (TPSA) is 44.7 Å². The number of likely N-dealkylation sites (tertiary alicyclic amines) is 1. The monoisotopic (exact) mass is 270 g/mol. The van der Waals surface area contributed by atoms with Gasteiger partial charge in [0.15, 0.2) is 0 Å². The van der Waals surface area contributed by atoms with Gasteiger partial charge in [-0.3, -0.25) is 4.90 Å². The average molecular weight is 270 g/mol. The number of aliphatic hydroxyl groups excluding tert-OH is 1. The SMILES string of the molecule is CCNC(C)(CO)CCCCN1CC2CCC(C1)O2. The summed E-state index contributed by atoms with van der Waals surface area (Å²) < 4.78 is 5.85. The van der Waals surface area contributed by atoms with Crippen molar-refractivity contribution in [3.63, 3.8) is 0 Å². The number of hydrogen-bond donors (Lipinski definition) is 2. The smallest absolute Gasteiger partial charge is 0.0707 e. The molecule has 19 heavy (non-hydrogen) atoms. The number of fused-ring (bicyclic) bond motifs is 2. The first-order chi connectivity index (χ1) is 9.15. The Kier molecular flexibility index (Phi) is 5.63. The van der Waals surface area contributed by atoms with E-state index < -0.39 is 0 Å². The number of unbranched alkanes of at least 4 members (excludes halogenated alkanes) is 1. The van der Waals surface area contributed by atoms with Gasteiger partial charge in [0.1, 0.15) is 0 Å². The van der Waals surface area contributed by atoms with Crippen LogP contribution in [0, 0.1) is 0 Å². The van der Waals surface area contributed by atoms with E-state index in [1.165, 1.54) is 32.2 Å². The predicted octanol–water partition coefficient (Wildman–Crippen LogP) is 1.38. The fourth-order valence-corrected chi connectivity index (χ4v) is 3.38. The number of rotatable bonds is 8. The highest BCUT2D eigenvalue weighted by Gasteiger charge is 2.33. The van der Waals surface area contributed by atoms with E-state index in [-0.39, 0.29) is 12.1 Å². The lowest BCUT2D eigenvalue weighted by Gasteiger charge is -2.32. The molecule has 3 unspecified atom stereocenters. The van der Waals surface area contributed by atoms with Gasteiger partial charge in [-0.15, -0.1) is 0 Å². The highest BCUT2D eigenvalue weighted by atomic mass is 16.5. The Bertz CT molecular complexity index is 263. The number of ether oxygens (including phenoxy) is 1. The number of nitrogens with zero attached hydrogens (tertiary/aromatic N) is 1. The minimum Gasteiger partial charge on any atom is -0.394 e. The zero-order valence-electron chi connectivity index (χ0n) is 12.5. The molecule has 2 N–H and O–H groups in total. The number of likely N-dealkylation sites (N-methyl/N-ethyl adjacent to an activating group) is 1. The summed E-state index contributed by atoms with van der Waals surface area (Å²) >= 11 is 0. The summed E-state index contributed by atoms with van der Waals surface area (Å²) in [7, 11) is 0. The van der Waals surface area contributed by atoms with Crippen LogP contribution in [0.15, 0.2) is 0 Å². The van der Waals surface area contributed by atoms with E-state index in [1.807, 2.05) is 0 Å². The summed E-state index contributed by atoms with van der Waals surface area (Å²) in [6, 6.07) is 0. The van der Waals surface area contributed by atoms with Crippen LogP contribution in [0.2, 0.25) is 0 Å². The maximum atomic E-state index is 9.45. The first-order valence-electron chi connectivity index (χ1n) is 7.89. The Morgan fingerprint density at radius 1 is 1.26 bits per heavy atom. The zero-order valence-corrected chi connectivity index (χ0v) is 12.5. The third kappa shape index (κ3) is 4.42. The van der Waals surface area contributed by atoms with Crippen molar-refractivity contribution in [3.05, 3.63) is 0 Å². The maximum Gasteiger partial charge on any atom is 0.0707 e. The van der Waals surface area contributed by atoms with E-state index in [0.29, 0.717) is 12.2 Å². The normalized spacial score (nSPS) is 30.5. The molecule has 2 saturated heterocycles. The van der Waals surface area contributed by atoms with Gasteiger partial charge in [-0.05, 0) is 45.7 Å². The lowest BCUT2D eigenvalue weighted by Crippen LogP contribution is -2.46. The minimum atomic E-state index is -0.0984. The van der Waals surface area contributed by atoms with Gasteiger partial charge in [-0.25, -0.2) is 0 Å². The summed E-state index contributed by atoms with van der Waals surface area (Å²) in [5.74, 6) is 0. The first kappa shape index (κ1) is 15.2. The largest absolute Gasteiger partial charge is 0.394 e. The van der Waals surface area contributed by atoms with E-state index in [0.717, 1.165) is 26.1 Å². The molecule has 2 aliphatic heterocycles. The van der Waals surface area contributed by atoms with Crippen LogP contribution in [-0.2, 0) is 4.74 Å². The van der Waals surface area contributed by atoms with Gasteiger partial charge in [0.05, 0.1) is 18.8 Å². The van der Waals surface area contributed by atoms with Crippen LogP contribution in [0.25, 0.3) is 0 Å². The molecule has 4 heteroatoms. The summed E-state index contributed by atoms with van der Waals surface area (Å²) in [5.41, 5.74) is -0.0984. The molecule has 2 bridgehead atoms. The van der Waals surface area contributed by atoms with Crippen molar-refractivity contribution in [1.82, 2.24) is 10.2 Å². The standard InChI is InChI=1S/C15H30N2O2/c1-3-16-15(2,12-18)8-4-5-9-17-10-13-6-7-14(11-17)19-13/h13-14,16,18H,3-12H2,1-2H3. The maximum absolute atomic E-state index is 9.45.